The molecule has 0 aliphatic heterocycles. The molecule has 128 valence electrons. The highest BCUT2D eigenvalue weighted by molar-refractivity contribution is 6.31. The molecule has 5 nitrogen and oxygen atoms in total. The zero-order valence-electron chi connectivity index (χ0n) is 14.1. The smallest absolute Gasteiger partial charge is 0.270 e. The first kappa shape index (κ1) is 18.2. The Balaban J connectivity index is 1.98. The Morgan fingerprint density at radius 3 is 2.75 bits per heavy atom. The minimum atomic E-state index is -0.239. The third kappa shape index (κ3) is 5.49. The van der Waals surface area contributed by atoms with Gasteiger partial charge in [-0.05, 0) is 25.0 Å². The lowest BCUT2D eigenvalue weighted by Gasteiger charge is -2.09. The molecule has 0 fully saturated rings. The summed E-state index contributed by atoms with van der Waals surface area (Å²) in [6.07, 6.45) is 3.41. The number of nitrogens with one attached hydrogen (secondary N) is 2. The fourth-order valence-corrected chi connectivity index (χ4v) is 2.48. The molecule has 0 unspecified atom stereocenters. The number of hydrogen-bond donors (Lipinski definition) is 2. The Labute approximate surface area is 147 Å². The molecule has 0 aliphatic carbocycles. The van der Waals surface area contributed by atoms with Crippen molar-refractivity contribution in [2.24, 2.45) is 0 Å². The number of halogens is 1. The van der Waals surface area contributed by atoms with Crippen LogP contribution in [0.15, 0.2) is 30.3 Å². The summed E-state index contributed by atoms with van der Waals surface area (Å²) in [6, 6.07) is 9.12. The van der Waals surface area contributed by atoms with Crippen LogP contribution in [-0.2, 0) is 6.54 Å². The van der Waals surface area contributed by atoms with Crippen molar-refractivity contribution in [3.63, 3.8) is 0 Å². The second-order valence-corrected chi connectivity index (χ2v) is 6.00. The maximum atomic E-state index is 12.3. The number of aryl methyl sites for hydroxylation is 1. The fourth-order valence-electron chi connectivity index (χ4n) is 2.27. The van der Waals surface area contributed by atoms with E-state index in [-0.39, 0.29) is 5.91 Å². The van der Waals surface area contributed by atoms with Crippen molar-refractivity contribution >= 4 is 23.3 Å². The monoisotopic (exact) mass is 346 g/mol. The summed E-state index contributed by atoms with van der Waals surface area (Å²) in [6.45, 7) is 5.14. The van der Waals surface area contributed by atoms with Gasteiger partial charge in [0, 0.05) is 24.2 Å². The fraction of sp³-hybridized carbons (Fsp3) is 0.389. The van der Waals surface area contributed by atoms with Gasteiger partial charge in [0.2, 0.25) is 0 Å². The van der Waals surface area contributed by atoms with E-state index in [0.29, 0.717) is 28.9 Å². The first-order valence-electron chi connectivity index (χ1n) is 8.21. The number of carbonyl (C=O) groups is 1. The number of unbranched alkanes of at least 4 members (excludes halogenated alkanes) is 2. The predicted molar refractivity (Wildman–Crippen MR) is 97.4 cm³/mol. The molecular weight excluding hydrogens is 324 g/mol. The molecule has 2 N–H and O–H groups in total. The average Bonchev–Trinajstić information content (AvgIpc) is 2.57. The summed E-state index contributed by atoms with van der Waals surface area (Å²) in [5.74, 6) is 1.01. The van der Waals surface area contributed by atoms with E-state index >= 15 is 0 Å². The second kappa shape index (κ2) is 9.23. The van der Waals surface area contributed by atoms with E-state index in [4.69, 9.17) is 11.6 Å². The van der Waals surface area contributed by atoms with Crippen LogP contribution >= 0.6 is 11.6 Å². The van der Waals surface area contributed by atoms with Crippen LogP contribution in [0.3, 0.4) is 0 Å². The largest absolute Gasteiger partial charge is 0.370 e. The number of anilines is 1. The molecule has 0 saturated carbocycles. The molecule has 0 bridgehead atoms. The van der Waals surface area contributed by atoms with Gasteiger partial charge in [-0.25, -0.2) is 9.97 Å². The minimum absolute atomic E-state index is 0.239. The van der Waals surface area contributed by atoms with Crippen molar-refractivity contribution in [3.8, 4) is 0 Å². The van der Waals surface area contributed by atoms with Crippen LogP contribution < -0.4 is 10.6 Å². The summed E-state index contributed by atoms with van der Waals surface area (Å²) in [5.41, 5.74) is 1.23. The third-order valence-electron chi connectivity index (χ3n) is 3.55. The molecule has 0 spiro atoms. The molecule has 0 atom stereocenters. The lowest BCUT2D eigenvalue weighted by Crippen LogP contribution is -2.24. The minimum Gasteiger partial charge on any atom is -0.370 e. The number of rotatable bonds is 8. The maximum Gasteiger partial charge on any atom is 0.270 e. The van der Waals surface area contributed by atoms with E-state index in [1.165, 1.54) is 12.8 Å². The third-order valence-corrected chi connectivity index (χ3v) is 3.92. The quantitative estimate of drug-likeness (QED) is 0.710. The van der Waals surface area contributed by atoms with E-state index in [9.17, 15) is 4.79 Å². The zero-order chi connectivity index (χ0) is 17.4. The lowest BCUT2D eigenvalue weighted by atomic mass is 10.2. The van der Waals surface area contributed by atoms with Gasteiger partial charge in [0.15, 0.2) is 0 Å². The number of amides is 1. The Morgan fingerprint density at radius 1 is 1.21 bits per heavy atom. The predicted octanol–water partition coefficient (Wildman–Crippen LogP) is 3.97. The molecule has 1 aromatic carbocycles. The van der Waals surface area contributed by atoms with Gasteiger partial charge in [0.1, 0.15) is 17.3 Å². The number of benzene rings is 1. The molecule has 0 aliphatic rings. The molecule has 1 amide bonds. The average molecular weight is 347 g/mol. The van der Waals surface area contributed by atoms with Crippen LogP contribution in [0.2, 0.25) is 5.02 Å². The van der Waals surface area contributed by atoms with Crippen molar-refractivity contribution < 1.29 is 4.79 Å². The molecular formula is C18H23ClN4O. The van der Waals surface area contributed by atoms with Gasteiger partial charge < -0.3 is 10.6 Å². The topological polar surface area (TPSA) is 66.9 Å². The highest BCUT2D eigenvalue weighted by Gasteiger charge is 2.11. The van der Waals surface area contributed by atoms with Gasteiger partial charge >= 0.3 is 0 Å². The SMILES string of the molecule is CCCCCNc1cc(C(=O)NCc2ccccc2Cl)nc(C)n1. The van der Waals surface area contributed by atoms with E-state index < -0.39 is 0 Å². The van der Waals surface area contributed by atoms with Crippen LogP contribution in [-0.4, -0.2) is 22.4 Å². The van der Waals surface area contributed by atoms with Crippen LogP contribution in [0.4, 0.5) is 5.82 Å². The van der Waals surface area contributed by atoms with Gasteiger partial charge in [-0.2, -0.15) is 0 Å². The van der Waals surface area contributed by atoms with Gasteiger partial charge in [0.05, 0.1) is 0 Å². The summed E-state index contributed by atoms with van der Waals surface area (Å²) in [4.78, 5) is 20.9. The Kier molecular flexibility index (Phi) is 7.00. The number of nitrogens with zero attached hydrogens (tertiary/aromatic N) is 2. The molecule has 6 heteroatoms. The first-order chi connectivity index (χ1) is 11.6. The molecule has 0 saturated heterocycles. The van der Waals surface area contributed by atoms with E-state index in [1.807, 2.05) is 18.2 Å². The second-order valence-electron chi connectivity index (χ2n) is 5.59. The van der Waals surface area contributed by atoms with Crippen LogP contribution in [0.25, 0.3) is 0 Å². The van der Waals surface area contributed by atoms with Crippen molar-refractivity contribution in [1.82, 2.24) is 15.3 Å². The highest BCUT2D eigenvalue weighted by Crippen LogP contribution is 2.14. The summed E-state index contributed by atoms with van der Waals surface area (Å²) >= 11 is 6.10. The van der Waals surface area contributed by atoms with Gasteiger partial charge in [-0.15, -0.1) is 0 Å². The Morgan fingerprint density at radius 2 is 2.00 bits per heavy atom. The maximum absolute atomic E-state index is 12.3. The van der Waals surface area contributed by atoms with Crippen molar-refractivity contribution in [2.45, 2.75) is 39.7 Å². The van der Waals surface area contributed by atoms with E-state index in [1.54, 1.807) is 19.1 Å². The van der Waals surface area contributed by atoms with Crippen molar-refractivity contribution in [1.29, 1.82) is 0 Å². The normalized spacial score (nSPS) is 10.5. The lowest BCUT2D eigenvalue weighted by molar-refractivity contribution is 0.0945. The van der Waals surface area contributed by atoms with Gasteiger partial charge in [-0.3, -0.25) is 4.79 Å². The molecule has 24 heavy (non-hydrogen) atoms. The molecule has 2 rings (SSSR count). The summed E-state index contributed by atoms with van der Waals surface area (Å²) in [5, 5.41) is 6.73. The molecule has 0 radical (unpaired) electrons. The van der Waals surface area contributed by atoms with Gasteiger partial charge in [0.25, 0.3) is 5.91 Å². The molecule has 2 aromatic rings. The highest BCUT2D eigenvalue weighted by atomic mass is 35.5. The zero-order valence-corrected chi connectivity index (χ0v) is 14.9. The van der Waals surface area contributed by atoms with Crippen LogP contribution in [0.5, 0.6) is 0 Å². The van der Waals surface area contributed by atoms with Crippen LogP contribution in [0, 0.1) is 6.92 Å². The van der Waals surface area contributed by atoms with E-state index in [0.717, 1.165) is 18.5 Å². The van der Waals surface area contributed by atoms with Gasteiger partial charge in [-0.1, -0.05) is 49.6 Å². The molecule has 1 aromatic heterocycles. The Hall–Kier alpha value is -2.14. The summed E-state index contributed by atoms with van der Waals surface area (Å²) in [7, 11) is 0. The van der Waals surface area contributed by atoms with Crippen LogP contribution in [0.1, 0.15) is 48.1 Å². The number of carbonyl (C=O) groups excluding carboxylic acids is 1. The Bertz CT molecular complexity index is 690. The summed E-state index contributed by atoms with van der Waals surface area (Å²) < 4.78 is 0. The van der Waals surface area contributed by atoms with E-state index in [2.05, 4.69) is 27.5 Å². The number of aromatic nitrogens is 2. The standard InChI is InChI=1S/C18H23ClN4O/c1-3-4-7-10-20-17-11-16(22-13(2)23-17)18(24)21-12-14-8-5-6-9-15(14)19/h5-6,8-9,11H,3-4,7,10,12H2,1-2H3,(H,21,24)(H,20,22,23). The number of hydrogen-bond acceptors (Lipinski definition) is 4. The van der Waals surface area contributed by atoms with Crippen molar-refractivity contribution in [3.05, 3.63) is 52.4 Å². The van der Waals surface area contributed by atoms with Crippen molar-refractivity contribution in [2.75, 3.05) is 11.9 Å². The first-order valence-corrected chi connectivity index (χ1v) is 8.59. The molecule has 1 heterocycles.